The van der Waals surface area contributed by atoms with Crippen molar-refractivity contribution in [3.63, 3.8) is 0 Å². The highest BCUT2D eigenvalue weighted by Crippen LogP contribution is 2.17. The van der Waals surface area contributed by atoms with Gasteiger partial charge in [-0.25, -0.2) is 9.38 Å². The zero-order valence-electron chi connectivity index (χ0n) is 17.0. The van der Waals surface area contributed by atoms with Gasteiger partial charge in [0.15, 0.2) is 5.96 Å². The average molecular weight is 417 g/mol. The van der Waals surface area contributed by atoms with Crippen molar-refractivity contribution in [1.29, 1.82) is 0 Å². The maximum Gasteiger partial charge on any atom is 0.239 e. The lowest BCUT2D eigenvalue weighted by Crippen LogP contribution is -2.43. The second-order valence-electron chi connectivity index (χ2n) is 6.48. The summed E-state index contributed by atoms with van der Waals surface area (Å²) in [6.45, 7) is 3.80. The van der Waals surface area contributed by atoms with Crippen LogP contribution in [-0.4, -0.2) is 37.8 Å². The van der Waals surface area contributed by atoms with Crippen LogP contribution >= 0.6 is 11.8 Å². The van der Waals surface area contributed by atoms with E-state index >= 15 is 0 Å². The largest absolute Gasteiger partial charge is 0.357 e. The van der Waals surface area contributed by atoms with Crippen molar-refractivity contribution in [2.45, 2.75) is 25.6 Å². The van der Waals surface area contributed by atoms with Crippen molar-refractivity contribution in [2.75, 3.05) is 25.9 Å². The van der Waals surface area contributed by atoms with E-state index in [1.54, 1.807) is 23.9 Å². The van der Waals surface area contributed by atoms with E-state index in [1.165, 1.54) is 11.6 Å². The molecule has 2 rings (SSSR count). The highest BCUT2D eigenvalue weighted by Gasteiger charge is 2.06. The van der Waals surface area contributed by atoms with Crippen LogP contribution in [0.5, 0.6) is 0 Å². The van der Waals surface area contributed by atoms with Gasteiger partial charge in [0.1, 0.15) is 5.82 Å². The van der Waals surface area contributed by atoms with Gasteiger partial charge in [0.05, 0.1) is 13.1 Å². The van der Waals surface area contributed by atoms with Gasteiger partial charge in [-0.15, -0.1) is 0 Å². The summed E-state index contributed by atoms with van der Waals surface area (Å²) >= 11 is 1.64. The van der Waals surface area contributed by atoms with Gasteiger partial charge in [-0.1, -0.05) is 36.4 Å². The molecule has 0 aliphatic heterocycles. The van der Waals surface area contributed by atoms with Crippen molar-refractivity contribution in [3.05, 3.63) is 71.0 Å². The molecule has 2 aromatic rings. The van der Waals surface area contributed by atoms with Gasteiger partial charge >= 0.3 is 0 Å². The van der Waals surface area contributed by atoms with E-state index in [9.17, 15) is 9.18 Å². The monoisotopic (exact) mass is 416 g/mol. The number of aliphatic imine (C=N–C) groups is 1. The quantitative estimate of drug-likeness (QED) is 0.411. The molecule has 156 valence electrons. The molecule has 1 amide bonds. The maximum absolute atomic E-state index is 13.5. The molecule has 0 radical (unpaired) electrons. The van der Waals surface area contributed by atoms with Gasteiger partial charge in [0.25, 0.3) is 0 Å². The first-order valence-electron chi connectivity index (χ1n) is 9.71. The van der Waals surface area contributed by atoms with E-state index in [0.717, 1.165) is 23.3 Å². The van der Waals surface area contributed by atoms with Crippen molar-refractivity contribution < 1.29 is 9.18 Å². The first-order valence-corrected chi connectivity index (χ1v) is 11.1. The third-order valence-corrected chi connectivity index (χ3v) is 4.81. The molecule has 0 bridgehead atoms. The maximum atomic E-state index is 13.5. The lowest BCUT2D eigenvalue weighted by molar-refractivity contribution is -0.119. The average Bonchev–Trinajstić information content (AvgIpc) is 2.72. The van der Waals surface area contributed by atoms with Crippen LogP contribution in [0.1, 0.15) is 23.6 Å². The summed E-state index contributed by atoms with van der Waals surface area (Å²) in [5, 5.41) is 9.09. The van der Waals surface area contributed by atoms with E-state index in [1.807, 2.05) is 43.5 Å². The summed E-state index contributed by atoms with van der Waals surface area (Å²) in [6, 6.07) is 14.8. The third-order valence-electron chi connectivity index (χ3n) is 4.21. The molecule has 0 fully saturated rings. The van der Waals surface area contributed by atoms with Crippen molar-refractivity contribution >= 4 is 23.6 Å². The molecule has 0 spiro atoms. The van der Waals surface area contributed by atoms with Gasteiger partial charge in [-0.3, -0.25) is 4.79 Å². The van der Waals surface area contributed by atoms with Gasteiger partial charge in [-0.05, 0) is 48.4 Å². The van der Waals surface area contributed by atoms with Crippen LogP contribution in [0, 0.1) is 5.82 Å². The van der Waals surface area contributed by atoms with Crippen molar-refractivity contribution in [2.24, 2.45) is 4.99 Å². The van der Waals surface area contributed by atoms with E-state index in [-0.39, 0.29) is 18.3 Å². The van der Waals surface area contributed by atoms with Gasteiger partial charge in [0, 0.05) is 18.8 Å². The minimum absolute atomic E-state index is 0.0867. The Hall–Kier alpha value is -2.54. The number of carbonyl (C=O) groups is 1. The molecule has 7 heteroatoms. The number of benzene rings is 2. The molecule has 0 saturated heterocycles. The Bertz CT molecular complexity index is 799. The highest BCUT2D eigenvalue weighted by molar-refractivity contribution is 7.97. The Morgan fingerprint density at radius 1 is 1.07 bits per heavy atom. The van der Waals surface area contributed by atoms with Crippen LogP contribution in [0.25, 0.3) is 0 Å². The number of rotatable bonds is 10. The molecule has 2 aromatic carbocycles. The minimum Gasteiger partial charge on any atom is -0.357 e. The topological polar surface area (TPSA) is 65.5 Å². The van der Waals surface area contributed by atoms with E-state index in [4.69, 9.17) is 0 Å². The van der Waals surface area contributed by atoms with Crippen LogP contribution < -0.4 is 16.0 Å². The second-order valence-corrected chi connectivity index (χ2v) is 7.35. The molecule has 0 atom stereocenters. The minimum atomic E-state index is -0.237. The Labute approximate surface area is 176 Å². The smallest absolute Gasteiger partial charge is 0.239 e. The molecule has 0 aromatic heterocycles. The molecule has 0 unspecified atom stereocenters. The van der Waals surface area contributed by atoms with Crippen LogP contribution in [0.15, 0.2) is 53.5 Å². The first-order chi connectivity index (χ1) is 14.1. The summed E-state index contributed by atoms with van der Waals surface area (Å²) in [4.78, 5) is 16.6. The SMILES string of the molecule is CCNC(=NCc1ccc(F)cc1CSC)NCC(=O)NCCc1ccccc1. The summed E-state index contributed by atoms with van der Waals surface area (Å²) in [6.07, 6.45) is 2.78. The summed E-state index contributed by atoms with van der Waals surface area (Å²) < 4.78 is 13.5. The number of hydrogen-bond donors (Lipinski definition) is 3. The summed E-state index contributed by atoms with van der Waals surface area (Å²) in [7, 11) is 0. The fourth-order valence-electron chi connectivity index (χ4n) is 2.76. The number of thioether (sulfide) groups is 1. The molecule has 0 saturated carbocycles. The molecule has 5 nitrogen and oxygen atoms in total. The Balaban J connectivity index is 1.85. The number of halogens is 1. The second kappa shape index (κ2) is 12.8. The van der Waals surface area contributed by atoms with E-state index in [0.29, 0.717) is 25.6 Å². The Morgan fingerprint density at radius 2 is 1.86 bits per heavy atom. The Kier molecular flexibility index (Phi) is 10.1. The standard InChI is InChI=1S/C22H29FN4OS/c1-3-24-22(26-14-18-9-10-20(23)13-19(18)16-29-2)27-15-21(28)25-12-11-17-7-5-4-6-8-17/h4-10,13H,3,11-12,14-16H2,1-2H3,(H,25,28)(H2,24,26,27). The number of carbonyl (C=O) groups excluding carboxylic acids is 1. The van der Waals surface area contributed by atoms with Crippen LogP contribution in [0.2, 0.25) is 0 Å². The van der Waals surface area contributed by atoms with Crippen molar-refractivity contribution in [1.82, 2.24) is 16.0 Å². The highest BCUT2D eigenvalue weighted by atomic mass is 32.2. The fourth-order valence-corrected chi connectivity index (χ4v) is 3.34. The summed E-state index contributed by atoms with van der Waals surface area (Å²) in [5.41, 5.74) is 3.11. The predicted octanol–water partition coefficient (Wildman–Crippen LogP) is 3.10. The lowest BCUT2D eigenvalue weighted by atomic mass is 10.1. The molecule has 3 N–H and O–H groups in total. The van der Waals surface area contributed by atoms with Gasteiger partial charge in [-0.2, -0.15) is 11.8 Å². The van der Waals surface area contributed by atoms with E-state index < -0.39 is 0 Å². The molecule has 0 heterocycles. The molecule has 0 aliphatic carbocycles. The van der Waals surface area contributed by atoms with Gasteiger partial charge in [0.2, 0.25) is 5.91 Å². The predicted molar refractivity (Wildman–Crippen MR) is 120 cm³/mol. The fraction of sp³-hybridized carbons (Fsp3) is 0.364. The van der Waals surface area contributed by atoms with Gasteiger partial charge < -0.3 is 16.0 Å². The first kappa shape index (κ1) is 22.7. The molecule has 29 heavy (non-hydrogen) atoms. The number of nitrogens with zero attached hydrogens (tertiary/aromatic N) is 1. The normalized spacial score (nSPS) is 11.2. The van der Waals surface area contributed by atoms with Crippen LogP contribution in [-0.2, 0) is 23.5 Å². The third kappa shape index (κ3) is 8.56. The molecule has 0 aliphatic rings. The zero-order valence-corrected chi connectivity index (χ0v) is 17.8. The number of amides is 1. The number of nitrogens with one attached hydrogen (secondary N) is 3. The number of hydrogen-bond acceptors (Lipinski definition) is 3. The van der Waals surface area contributed by atoms with Crippen LogP contribution in [0.3, 0.4) is 0 Å². The number of guanidine groups is 1. The van der Waals surface area contributed by atoms with Crippen LogP contribution in [0.4, 0.5) is 4.39 Å². The van der Waals surface area contributed by atoms with E-state index in [2.05, 4.69) is 20.9 Å². The zero-order chi connectivity index (χ0) is 20.9. The van der Waals surface area contributed by atoms with Crippen molar-refractivity contribution in [3.8, 4) is 0 Å². The Morgan fingerprint density at radius 3 is 2.59 bits per heavy atom. The lowest BCUT2D eigenvalue weighted by Gasteiger charge is -2.12. The molecular weight excluding hydrogens is 387 g/mol. The molecular formula is C22H29FN4OS. The summed E-state index contributed by atoms with van der Waals surface area (Å²) in [5.74, 6) is 0.969.